The van der Waals surface area contributed by atoms with Gasteiger partial charge in [-0.15, -0.1) is 0 Å². The van der Waals surface area contributed by atoms with Crippen LogP contribution in [0.25, 0.3) is 21.9 Å². The van der Waals surface area contributed by atoms with E-state index in [0.29, 0.717) is 17.1 Å². The first kappa shape index (κ1) is 13.2. The lowest BCUT2D eigenvalue weighted by molar-refractivity contribution is 0.0535. The average Bonchev–Trinajstić information content (AvgIpc) is 3.19. The standard InChI is InChI=1S/C19H12O5/c20-12-3-1-10-5-14-15(8-22-19(14)21)18(13(10)7-12)11-2-4-16-17(6-11)24-9-23-16/h1-7,20H,8-9H2. The summed E-state index contributed by atoms with van der Waals surface area (Å²) in [5.74, 6) is 1.23. The van der Waals surface area contributed by atoms with Gasteiger partial charge in [0.1, 0.15) is 12.4 Å². The lowest BCUT2D eigenvalue weighted by atomic mass is 9.90. The summed E-state index contributed by atoms with van der Waals surface area (Å²) in [5, 5.41) is 11.7. The van der Waals surface area contributed by atoms with E-state index >= 15 is 0 Å². The van der Waals surface area contributed by atoms with Crippen molar-refractivity contribution in [3.63, 3.8) is 0 Å². The van der Waals surface area contributed by atoms with Crippen LogP contribution in [-0.2, 0) is 11.3 Å². The third kappa shape index (κ3) is 1.78. The van der Waals surface area contributed by atoms with E-state index in [2.05, 4.69) is 0 Å². The van der Waals surface area contributed by atoms with Crippen LogP contribution in [-0.4, -0.2) is 17.9 Å². The zero-order valence-corrected chi connectivity index (χ0v) is 12.5. The van der Waals surface area contributed by atoms with Crippen LogP contribution >= 0.6 is 0 Å². The molecule has 24 heavy (non-hydrogen) atoms. The van der Waals surface area contributed by atoms with Crippen LogP contribution < -0.4 is 9.47 Å². The summed E-state index contributed by atoms with van der Waals surface area (Å²) in [4.78, 5) is 12.0. The van der Waals surface area contributed by atoms with Crippen molar-refractivity contribution in [1.29, 1.82) is 0 Å². The van der Waals surface area contributed by atoms with Crippen molar-refractivity contribution in [2.24, 2.45) is 0 Å². The van der Waals surface area contributed by atoms with Crippen LogP contribution in [0.1, 0.15) is 15.9 Å². The number of ether oxygens (including phenoxy) is 3. The van der Waals surface area contributed by atoms with Gasteiger partial charge in [-0.1, -0.05) is 12.1 Å². The first-order chi connectivity index (χ1) is 11.7. The Morgan fingerprint density at radius 1 is 0.917 bits per heavy atom. The van der Waals surface area contributed by atoms with Gasteiger partial charge >= 0.3 is 5.97 Å². The second-order valence-corrected chi connectivity index (χ2v) is 5.83. The van der Waals surface area contributed by atoms with Gasteiger partial charge in [0.2, 0.25) is 6.79 Å². The van der Waals surface area contributed by atoms with E-state index in [4.69, 9.17) is 14.2 Å². The SMILES string of the molecule is O=C1OCc2c1cc1ccc(O)cc1c2-c1ccc2c(c1)OCO2. The Bertz CT molecular complexity index is 1020. The van der Waals surface area contributed by atoms with Crippen LogP contribution in [0.4, 0.5) is 0 Å². The topological polar surface area (TPSA) is 65.0 Å². The van der Waals surface area contributed by atoms with Crippen molar-refractivity contribution in [3.8, 4) is 28.4 Å². The van der Waals surface area contributed by atoms with E-state index in [1.54, 1.807) is 18.2 Å². The van der Waals surface area contributed by atoms with Crippen LogP contribution in [0.2, 0.25) is 0 Å². The highest BCUT2D eigenvalue weighted by Crippen LogP contribution is 2.42. The van der Waals surface area contributed by atoms with Gasteiger partial charge in [0.05, 0.1) is 5.56 Å². The second-order valence-electron chi connectivity index (χ2n) is 5.83. The highest BCUT2D eigenvalue weighted by Gasteiger charge is 2.27. The molecule has 0 bridgehead atoms. The second kappa shape index (κ2) is 4.64. The Balaban J connectivity index is 1.86. The normalized spacial score (nSPS) is 14.8. The maximum Gasteiger partial charge on any atom is 0.338 e. The highest BCUT2D eigenvalue weighted by molar-refractivity contribution is 6.07. The number of aromatic hydroxyl groups is 1. The molecule has 0 fully saturated rings. The summed E-state index contributed by atoms with van der Waals surface area (Å²) in [6.07, 6.45) is 0. The molecule has 2 aliphatic rings. The fraction of sp³-hybridized carbons (Fsp3) is 0.105. The zero-order valence-electron chi connectivity index (χ0n) is 12.5. The molecule has 3 aromatic rings. The van der Waals surface area contributed by atoms with Gasteiger partial charge in [-0.05, 0) is 52.2 Å². The molecule has 0 aromatic heterocycles. The third-order valence-corrected chi connectivity index (χ3v) is 4.46. The molecule has 0 aliphatic carbocycles. The number of phenols is 1. The number of phenolic OH excluding ortho intramolecular Hbond substituents is 1. The number of cyclic esters (lactones) is 1. The van der Waals surface area contributed by atoms with Gasteiger partial charge in [-0.25, -0.2) is 4.79 Å². The number of fused-ring (bicyclic) bond motifs is 3. The van der Waals surface area contributed by atoms with E-state index in [1.807, 2.05) is 24.3 Å². The zero-order chi connectivity index (χ0) is 16.3. The molecule has 0 radical (unpaired) electrons. The Hall–Kier alpha value is -3.21. The number of rotatable bonds is 1. The number of benzene rings is 3. The summed E-state index contributed by atoms with van der Waals surface area (Å²) >= 11 is 0. The van der Waals surface area contributed by atoms with Gasteiger partial charge in [0.25, 0.3) is 0 Å². The molecule has 0 atom stereocenters. The van der Waals surface area contributed by atoms with E-state index in [-0.39, 0.29) is 25.1 Å². The molecule has 0 saturated heterocycles. The predicted molar refractivity (Wildman–Crippen MR) is 86.3 cm³/mol. The van der Waals surface area contributed by atoms with Crippen molar-refractivity contribution in [2.75, 3.05) is 6.79 Å². The molecule has 118 valence electrons. The predicted octanol–water partition coefficient (Wildman–Crippen LogP) is 3.61. The first-order valence-electron chi connectivity index (χ1n) is 7.56. The fourth-order valence-electron chi connectivity index (χ4n) is 3.36. The van der Waals surface area contributed by atoms with Crippen molar-refractivity contribution in [3.05, 3.63) is 53.6 Å². The van der Waals surface area contributed by atoms with Gasteiger partial charge in [-0.2, -0.15) is 0 Å². The molecule has 2 heterocycles. The largest absolute Gasteiger partial charge is 0.508 e. The van der Waals surface area contributed by atoms with Crippen molar-refractivity contribution in [1.82, 2.24) is 0 Å². The van der Waals surface area contributed by atoms with Crippen LogP contribution in [0, 0.1) is 0 Å². The molecule has 3 aromatic carbocycles. The van der Waals surface area contributed by atoms with Gasteiger partial charge < -0.3 is 19.3 Å². The molecule has 2 aliphatic heterocycles. The van der Waals surface area contributed by atoms with Crippen LogP contribution in [0.3, 0.4) is 0 Å². The molecule has 5 nitrogen and oxygen atoms in total. The maximum atomic E-state index is 12.0. The summed E-state index contributed by atoms with van der Waals surface area (Å²) < 4.78 is 16.1. The Morgan fingerprint density at radius 3 is 2.71 bits per heavy atom. The lowest BCUT2D eigenvalue weighted by Crippen LogP contribution is -1.95. The van der Waals surface area contributed by atoms with Crippen molar-refractivity contribution < 1.29 is 24.1 Å². The lowest BCUT2D eigenvalue weighted by Gasteiger charge is -2.12. The minimum Gasteiger partial charge on any atom is -0.508 e. The molecule has 0 unspecified atom stereocenters. The quantitative estimate of drug-likeness (QED) is 0.694. The molecule has 1 N–H and O–H groups in total. The van der Waals surface area contributed by atoms with Crippen molar-refractivity contribution in [2.45, 2.75) is 6.61 Å². The third-order valence-electron chi connectivity index (χ3n) is 4.46. The van der Waals surface area contributed by atoms with Gasteiger partial charge in [-0.3, -0.25) is 0 Å². The first-order valence-corrected chi connectivity index (χ1v) is 7.56. The van der Waals surface area contributed by atoms with Crippen LogP contribution in [0.5, 0.6) is 17.2 Å². The Kier molecular flexibility index (Phi) is 2.56. The molecular formula is C19H12O5. The molecule has 0 saturated carbocycles. The maximum absolute atomic E-state index is 12.0. The Labute approximate surface area is 137 Å². The minimum atomic E-state index is -0.318. The molecule has 5 heteroatoms. The number of hydrogen-bond acceptors (Lipinski definition) is 5. The average molecular weight is 320 g/mol. The van der Waals surface area contributed by atoms with E-state index in [9.17, 15) is 9.90 Å². The monoisotopic (exact) mass is 320 g/mol. The summed E-state index contributed by atoms with van der Waals surface area (Å²) in [6, 6.07) is 12.6. The van der Waals surface area contributed by atoms with Crippen molar-refractivity contribution >= 4 is 16.7 Å². The molecule has 0 amide bonds. The molecular weight excluding hydrogens is 308 g/mol. The number of carbonyl (C=O) groups is 1. The minimum absolute atomic E-state index is 0.176. The number of carbonyl (C=O) groups excluding carboxylic acids is 1. The Morgan fingerprint density at radius 2 is 1.79 bits per heavy atom. The molecule has 0 spiro atoms. The summed E-state index contributed by atoms with van der Waals surface area (Å²) in [7, 11) is 0. The van der Waals surface area contributed by atoms with E-state index in [0.717, 1.165) is 27.5 Å². The van der Waals surface area contributed by atoms with E-state index in [1.165, 1.54) is 0 Å². The van der Waals surface area contributed by atoms with Crippen LogP contribution in [0.15, 0.2) is 42.5 Å². The number of hydrogen-bond donors (Lipinski definition) is 1. The summed E-state index contributed by atoms with van der Waals surface area (Å²) in [5.41, 5.74) is 3.17. The highest BCUT2D eigenvalue weighted by atomic mass is 16.7. The molecule has 5 rings (SSSR count). The van der Waals surface area contributed by atoms with Gasteiger partial charge in [0, 0.05) is 5.56 Å². The smallest absolute Gasteiger partial charge is 0.338 e. The van der Waals surface area contributed by atoms with E-state index < -0.39 is 0 Å². The summed E-state index contributed by atoms with van der Waals surface area (Å²) in [6.45, 7) is 0.429. The number of esters is 1. The fourth-order valence-corrected chi connectivity index (χ4v) is 3.36. The van der Waals surface area contributed by atoms with Gasteiger partial charge in [0.15, 0.2) is 11.5 Å².